The van der Waals surface area contributed by atoms with Crippen molar-refractivity contribution in [1.82, 2.24) is 15.2 Å². The number of likely N-dealkylation sites (tertiary alicyclic amines) is 1. The van der Waals surface area contributed by atoms with Crippen LogP contribution in [0.25, 0.3) is 0 Å². The van der Waals surface area contributed by atoms with Gasteiger partial charge in [0.25, 0.3) is 5.91 Å². The Bertz CT molecular complexity index is 561. The van der Waals surface area contributed by atoms with Gasteiger partial charge in [-0.3, -0.25) is 19.4 Å². The number of carbonyl (C=O) groups is 3. The Morgan fingerprint density at radius 3 is 2.68 bits per heavy atom. The molecule has 2 N–H and O–H groups in total. The van der Waals surface area contributed by atoms with Gasteiger partial charge in [-0.2, -0.15) is 0 Å². The Morgan fingerprint density at radius 1 is 1.36 bits per heavy atom. The molecule has 2 rings (SSSR count). The summed E-state index contributed by atoms with van der Waals surface area (Å²) in [6, 6.07) is 2.34. The Hall–Kier alpha value is -2.44. The van der Waals surface area contributed by atoms with Crippen molar-refractivity contribution in [2.45, 2.75) is 25.8 Å². The van der Waals surface area contributed by atoms with E-state index >= 15 is 0 Å². The van der Waals surface area contributed by atoms with Crippen LogP contribution in [0.15, 0.2) is 24.5 Å². The number of hydrogen-bond acceptors (Lipinski definition) is 4. The molecule has 7 nitrogen and oxygen atoms in total. The molecule has 1 aromatic heterocycles. The Morgan fingerprint density at radius 2 is 2.05 bits per heavy atom. The third-order valence-corrected chi connectivity index (χ3v) is 3.74. The lowest BCUT2D eigenvalue weighted by Crippen LogP contribution is -2.48. The van der Waals surface area contributed by atoms with E-state index in [0.717, 1.165) is 6.42 Å². The fourth-order valence-corrected chi connectivity index (χ4v) is 2.45. The number of nitrogens with zero attached hydrogens (tertiary/aromatic N) is 2. The number of nitrogens with one attached hydrogen (secondary N) is 1. The summed E-state index contributed by atoms with van der Waals surface area (Å²) in [6.07, 6.45) is 4.47. The number of piperidine rings is 1. The highest BCUT2D eigenvalue weighted by molar-refractivity contribution is 5.94. The molecule has 1 fully saturated rings. The summed E-state index contributed by atoms with van der Waals surface area (Å²) < 4.78 is 0. The van der Waals surface area contributed by atoms with Crippen LogP contribution in [0, 0.1) is 5.92 Å². The average Bonchev–Trinajstić information content (AvgIpc) is 2.55. The van der Waals surface area contributed by atoms with Crippen LogP contribution in [-0.2, 0) is 9.59 Å². The van der Waals surface area contributed by atoms with Gasteiger partial charge in [0, 0.05) is 31.0 Å². The summed E-state index contributed by atoms with van der Waals surface area (Å²) in [5.74, 6) is -1.90. The second-order valence-electron chi connectivity index (χ2n) is 5.39. The highest BCUT2D eigenvalue weighted by Gasteiger charge is 2.30. The van der Waals surface area contributed by atoms with E-state index in [4.69, 9.17) is 5.11 Å². The topological polar surface area (TPSA) is 99.6 Å². The van der Waals surface area contributed by atoms with E-state index in [2.05, 4.69) is 10.3 Å². The Balaban J connectivity index is 1.98. The van der Waals surface area contributed by atoms with Crippen molar-refractivity contribution in [2.24, 2.45) is 5.92 Å². The number of hydrogen-bond donors (Lipinski definition) is 2. The monoisotopic (exact) mass is 305 g/mol. The van der Waals surface area contributed by atoms with Gasteiger partial charge in [0.2, 0.25) is 5.91 Å². The van der Waals surface area contributed by atoms with Crippen LogP contribution in [0.5, 0.6) is 0 Å². The van der Waals surface area contributed by atoms with Crippen LogP contribution in [-0.4, -0.2) is 51.9 Å². The van der Waals surface area contributed by atoms with Gasteiger partial charge in [-0.15, -0.1) is 0 Å². The summed E-state index contributed by atoms with van der Waals surface area (Å²) in [4.78, 5) is 40.8. The van der Waals surface area contributed by atoms with E-state index in [1.165, 1.54) is 6.92 Å². The van der Waals surface area contributed by atoms with Crippen LogP contribution in [0.2, 0.25) is 0 Å². The third-order valence-electron chi connectivity index (χ3n) is 3.74. The van der Waals surface area contributed by atoms with Gasteiger partial charge in [-0.1, -0.05) is 0 Å². The highest BCUT2D eigenvalue weighted by atomic mass is 16.4. The van der Waals surface area contributed by atoms with E-state index in [-0.39, 0.29) is 17.7 Å². The Labute approximate surface area is 128 Å². The molecule has 0 aliphatic carbocycles. The summed E-state index contributed by atoms with van der Waals surface area (Å²) in [6.45, 7) is 2.32. The molecule has 1 saturated heterocycles. The Kier molecular flexibility index (Phi) is 5.08. The highest BCUT2D eigenvalue weighted by Crippen LogP contribution is 2.19. The van der Waals surface area contributed by atoms with Gasteiger partial charge >= 0.3 is 5.97 Å². The van der Waals surface area contributed by atoms with Crippen LogP contribution in [0.4, 0.5) is 0 Å². The van der Waals surface area contributed by atoms with Gasteiger partial charge < -0.3 is 15.3 Å². The van der Waals surface area contributed by atoms with Crippen LogP contribution < -0.4 is 5.32 Å². The lowest BCUT2D eigenvalue weighted by Gasteiger charge is -2.32. The fourth-order valence-electron chi connectivity index (χ4n) is 2.45. The number of carboxylic acid groups (broad SMARTS) is 1. The first-order chi connectivity index (χ1) is 10.5. The van der Waals surface area contributed by atoms with E-state index in [1.54, 1.807) is 29.4 Å². The van der Waals surface area contributed by atoms with Crippen molar-refractivity contribution in [3.05, 3.63) is 30.1 Å². The van der Waals surface area contributed by atoms with Crippen molar-refractivity contribution in [3.8, 4) is 0 Å². The standard InChI is InChI=1S/C15H19N3O4/c1-10(15(21)22)17-13(19)12-3-2-8-18(9-12)14(20)11-4-6-16-7-5-11/h4-7,10,12H,2-3,8-9H2,1H3,(H,17,19)(H,21,22)/t10-,12?/m0/s1. The van der Waals surface area contributed by atoms with E-state index in [0.29, 0.717) is 25.1 Å². The normalized spacial score (nSPS) is 19.3. The molecular weight excluding hydrogens is 286 g/mol. The molecule has 0 bridgehead atoms. The first-order valence-corrected chi connectivity index (χ1v) is 7.21. The fraction of sp³-hybridized carbons (Fsp3) is 0.467. The maximum absolute atomic E-state index is 12.4. The van der Waals surface area contributed by atoms with Crippen LogP contribution >= 0.6 is 0 Å². The van der Waals surface area contributed by atoms with Crippen LogP contribution in [0.1, 0.15) is 30.1 Å². The molecule has 2 atom stereocenters. The number of rotatable bonds is 4. The quantitative estimate of drug-likeness (QED) is 0.845. The molecule has 1 aromatic rings. The SMILES string of the molecule is C[C@H](NC(=O)C1CCCN(C(=O)c2ccncc2)C1)C(=O)O. The molecule has 0 saturated carbocycles. The molecular formula is C15H19N3O4. The second-order valence-corrected chi connectivity index (χ2v) is 5.39. The minimum atomic E-state index is -1.08. The first kappa shape index (κ1) is 15.9. The predicted octanol–water partition coefficient (Wildman–Crippen LogP) is 0.523. The van der Waals surface area contributed by atoms with Crippen molar-refractivity contribution in [1.29, 1.82) is 0 Å². The van der Waals surface area contributed by atoms with Gasteiger partial charge in [0.05, 0.1) is 5.92 Å². The molecule has 118 valence electrons. The predicted molar refractivity (Wildman–Crippen MR) is 78.1 cm³/mol. The summed E-state index contributed by atoms with van der Waals surface area (Å²) in [5.41, 5.74) is 0.537. The molecule has 1 aliphatic rings. The first-order valence-electron chi connectivity index (χ1n) is 7.21. The number of aliphatic carboxylic acids is 1. The van der Waals surface area contributed by atoms with Crippen LogP contribution in [0.3, 0.4) is 0 Å². The number of pyridine rings is 1. The van der Waals surface area contributed by atoms with E-state index in [1.807, 2.05) is 0 Å². The number of carboxylic acids is 1. The minimum absolute atomic E-state index is 0.133. The molecule has 2 heterocycles. The summed E-state index contributed by atoms with van der Waals surface area (Å²) in [7, 11) is 0. The van der Waals surface area contributed by atoms with Gasteiger partial charge in [0.15, 0.2) is 0 Å². The molecule has 1 aliphatic heterocycles. The van der Waals surface area contributed by atoms with Crippen molar-refractivity contribution >= 4 is 17.8 Å². The largest absolute Gasteiger partial charge is 0.480 e. The molecule has 2 amide bonds. The molecule has 1 unspecified atom stereocenters. The van der Waals surface area contributed by atoms with Gasteiger partial charge in [0.1, 0.15) is 6.04 Å². The minimum Gasteiger partial charge on any atom is -0.480 e. The summed E-state index contributed by atoms with van der Waals surface area (Å²) >= 11 is 0. The summed E-state index contributed by atoms with van der Waals surface area (Å²) in [5, 5.41) is 11.3. The van der Waals surface area contributed by atoms with Crippen molar-refractivity contribution in [2.75, 3.05) is 13.1 Å². The second kappa shape index (κ2) is 7.02. The molecule has 22 heavy (non-hydrogen) atoms. The molecule has 0 spiro atoms. The smallest absolute Gasteiger partial charge is 0.325 e. The van der Waals surface area contributed by atoms with Gasteiger partial charge in [-0.05, 0) is 31.9 Å². The van der Waals surface area contributed by atoms with E-state index in [9.17, 15) is 14.4 Å². The zero-order valence-electron chi connectivity index (χ0n) is 12.4. The number of amides is 2. The number of carbonyl (C=O) groups excluding carboxylic acids is 2. The van der Waals surface area contributed by atoms with E-state index < -0.39 is 12.0 Å². The van der Waals surface area contributed by atoms with Gasteiger partial charge in [-0.25, -0.2) is 0 Å². The van der Waals surface area contributed by atoms with Crippen molar-refractivity contribution < 1.29 is 19.5 Å². The van der Waals surface area contributed by atoms with Crippen molar-refractivity contribution in [3.63, 3.8) is 0 Å². The molecule has 0 aromatic carbocycles. The third kappa shape index (κ3) is 3.81. The zero-order chi connectivity index (χ0) is 16.1. The maximum Gasteiger partial charge on any atom is 0.325 e. The average molecular weight is 305 g/mol. The lowest BCUT2D eigenvalue weighted by molar-refractivity contribution is -0.142. The molecule has 0 radical (unpaired) electrons. The number of aromatic nitrogens is 1. The zero-order valence-corrected chi connectivity index (χ0v) is 12.4. The molecule has 7 heteroatoms. The lowest BCUT2D eigenvalue weighted by atomic mass is 9.96. The maximum atomic E-state index is 12.4.